The van der Waals surface area contributed by atoms with Gasteiger partial charge in [0.15, 0.2) is 0 Å². The van der Waals surface area contributed by atoms with Gasteiger partial charge in [-0.3, -0.25) is 4.79 Å². The predicted octanol–water partition coefficient (Wildman–Crippen LogP) is 2.60. The number of carbonyl (C=O) groups is 2. The summed E-state index contributed by atoms with van der Waals surface area (Å²) in [6.45, 7) is 2.56. The van der Waals surface area contributed by atoms with Gasteiger partial charge in [0.05, 0.1) is 12.2 Å². The average molecular weight is 235 g/mol. The molecule has 4 heteroatoms. The summed E-state index contributed by atoms with van der Waals surface area (Å²) in [5, 5.41) is 2.50. The molecular formula is C13H17NO3. The average Bonchev–Trinajstić information content (AvgIpc) is 2.36. The number of unbranched alkanes of at least 4 members (excludes halogenated alkanes) is 2. The zero-order chi connectivity index (χ0) is 12.5. The van der Waals surface area contributed by atoms with E-state index in [0.29, 0.717) is 24.3 Å². The lowest BCUT2D eigenvalue weighted by Gasteiger charge is -2.05. The topological polar surface area (TPSA) is 55.4 Å². The number of nitrogens with one attached hydrogen (secondary N) is 1. The third kappa shape index (κ3) is 4.68. The van der Waals surface area contributed by atoms with Gasteiger partial charge >= 0.3 is 5.97 Å². The van der Waals surface area contributed by atoms with Gasteiger partial charge < -0.3 is 10.1 Å². The largest absolute Gasteiger partial charge is 0.462 e. The lowest BCUT2D eigenvalue weighted by molar-refractivity contribution is -0.105. The minimum atomic E-state index is -0.321. The number of carbonyl (C=O) groups excluding carboxylic acids is 2. The smallest absolute Gasteiger partial charge is 0.338 e. The van der Waals surface area contributed by atoms with Crippen LogP contribution in [0.5, 0.6) is 0 Å². The number of anilines is 1. The Kier molecular flexibility index (Phi) is 5.79. The van der Waals surface area contributed by atoms with Gasteiger partial charge in [-0.1, -0.05) is 19.8 Å². The van der Waals surface area contributed by atoms with Crippen molar-refractivity contribution >= 4 is 18.1 Å². The molecule has 1 aromatic carbocycles. The fourth-order valence-corrected chi connectivity index (χ4v) is 1.37. The minimum absolute atomic E-state index is 0.321. The molecule has 0 aliphatic heterocycles. The van der Waals surface area contributed by atoms with Gasteiger partial charge in [-0.15, -0.1) is 0 Å². The van der Waals surface area contributed by atoms with E-state index in [-0.39, 0.29) is 5.97 Å². The first-order chi connectivity index (χ1) is 8.27. The molecule has 0 bridgehead atoms. The standard InChI is InChI=1S/C13H17NO3/c1-2-3-4-9-17-13(16)11-5-7-12(8-6-11)14-10-15/h5-8,10H,2-4,9H2,1H3,(H,14,15). The SMILES string of the molecule is CCCCCOC(=O)c1ccc(NC=O)cc1. The third-order valence-electron chi connectivity index (χ3n) is 2.33. The number of rotatable bonds is 7. The van der Waals surface area contributed by atoms with Crippen molar-refractivity contribution in [2.45, 2.75) is 26.2 Å². The molecule has 0 saturated heterocycles. The summed E-state index contributed by atoms with van der Waals surface area (Å²) in [5.41, 5.74) is 1.15. The number of esters is 1. The molecule has 1 rings (SSSR count). The Bertz CT molecular complexity index is 359. The molecule has 0 atom stereocenters. The van der Waals surface area contributed by atoms with Gasteiger partial charge in [-0.2, -0.15) is 0 Å². The maximum atomic E-state index is 11.6. The normalized spacial score (nSPS) is 9.71. The van der Waals surface area contributed by atoms with Crippen LogP contribution in [0.3, 0.4) is 0 Å². The quantitative estimate of drug-likeness (QED) is 0.449. The van der Waals surface area contributed by atoms with Crippen molar-refractivity contribution in [2.24, 2.45) is 0 Å². The lowest BCUT2D eigenvalue weighted by Crippen LogP contribution is -2.06. The Balaban J connectivity index is 2.43. The predicted molar refractivity (Wildman–Crippen MR) is 65.9 cm³/mol. The molecule has 17 heavy (non-hydrogen) atoms. The Morgan fingerprint density at radius 2 is 2.00 bits per heavy atom. The van der Waals surface area contributed by atoms with Crippen molar-refractivity contribution in [2.75, 3.05) is 11.9 Å². The number of ether oxygens (including phenoxy) is 1. The molecule has 0 unspecified atom stereocenters. The van der Waals surface area contributed by atoms with Gasteiger partial charge in [0.1, 0.15) is 0 Å². The van der Waals surface area contributed by atoms with E-state index in [4.69, 9.17) is 4.74 Å². The summed E-state index contributed by atoms with van der Waals surface area (Å²) in [7, 11) is 0. The van der Waals surface area contributed by atoms with E-state index in [1.165, 1.54) is 0 Å². The number of amides is 1. The zero-order valence-corrected chi connectivity index (χ0v) is 9.94. The molecule has 92 valence electrons. The minimum Gasteiger partial charge on any atom is -0.462 e. The molecule has 1 N–H and O–H groups in total. The number of hydrogen-bond donors (Lipinski definition) is 1. The highest BCUT2D eigenvalue weighted by atomic mass is 16.5. The maximum absolute atomic E-state index is 11.6. The van der Waals surface area contributed by atoms with Crippen LogP contribution in [0.4, 0.5) is 5.69 Å². The van der Waals surface area contributed by atoms with Crippen LogP contribution in [0.15, 0.2) is 24.3 Å². The van der Waals surface area contributed by atoms with E-state index < -0.39 is 0 Å². The molecule has 1 aromatic rings. The van der Waals surface area contributed by atoms with Crippen molar-refractivity contribution in [1.82, 2.24) is 0 Å². The first-order valence-corrected chi connectivity index (χ1v) is 5.75. The summed E-state index contributed by atoms with van der Waals surface area (Å²) in [6.07, 6.45) is 3.66. The van der Waals surface area contributed by atoms with E-state index in [1.807, 2.05) is 0 Å². The van der Waals surface area contributed by atoms with Gasteiger partial charge in [0, 0.05) is 5.69 Å². The van der Waals surface area contributed by atoms with E-state index in [1.54, 1.807) is 24.3 Å². The second-order valence-corrected chi connectivity index (χ2v) is 3.68. The monoisotopic (exact) mass is 235 g/mol. The maximum Gasteiger partial charge on any atom is 0.338 e. The second kappa shape index (κ2) is 7.44. The van der Waals surface area contributed by atoms with Crippen LogP contribution < -0.4 is 5.32 Å². The highest BCUT2D eigenvalue weighted by molar-refractivity contribution is 5.90. The fraction of sp³-hybridized carbons (Fsp3) is 0.385. The molecule has 0 saturated carbocycles. The van der Waals surface area contributed by atoms with E-state index in [9.17, 15) is 9.59 Å². The molecule has 0 radical (unpaired) electrons. The van der Waals surface area contributed by atoms with E-state index >= 15 is 0 Å². The van der Waals surface area contributed by atoms with Crippen LogP contribution in [-0.4, -0.2) is 19.0 Å². The molecule has 0 aliphatic carbocycles. The van der Waals surface area contributed by atoms with Crippen LogP contribution in [0.1, 0.15) is 36.5 Å². The Labute approximate surface area is 101 Å². The lowest BCUT2D eigenvalue weighted by atomic mass is 10.2. The van der Waals surface area contributed by atoms with Crippen LogP contribution in [0, 0.1) is 0 Å². The second-order valence-electron chi connectivity index (χ2n) is 3.68. The number of hydrogen-bond acceptors (Lipinski definition) is 3. The molecule has 0 heterocycles. The van der Waals surface area contributed by atoms with Crippen molar-refractivity contribution in [3.8, 4) is 0 Å². The summed E-state index contributed by atoms with van der Waals surface area (Å²) in [4.78, 5) is 21.8. The zero-order valence-electron chi connectivity index (χ0n) is 9.94. The molecule has 0 spiro atoms. The van der Waals surface area contributed by atoms with Crippen molar-refractivity contribution in [3.05, 3.63) is 29.8 Å². The van der Waals surface area contributed by atoms with Crippen LogP contribution >= 0.6 is 0 Å². The fourth-order valence-electron chi connectivity index (χ4n) is 1.37. The molecule has 0 aliphatic rings. The van der Waals surface area contributed by atoms with Crippen LogP contribution in [0.25, 0.3) is 0 Å². The Morgan fingerprint density at radius 3 is 2.59 bits per heavy atom. The third-order valence-corrected chi connectivity index (χ3v) is 2.33. The molecule has 0 fully saturated rings. The molecule has 0 aromatic heterocycles. The summed E-state index contributed by atoms with van der Waals surface area (Å²) < 4.78 is 5.10. The van der Waals surface area contributed by atoms with Crippen LogP contribution in [-0.2, 0) is 9.53 Å². The molecule has 4 nitrogen and oxygen atoms in total. The van der Waals surface area contributed by atoms with Crippen molar-refractivity contribution < 1.29 is 14.3 Å². The summed E-state index contributed by atoms with van der Waals surface area (Å²) in [5.74, 6) is -0.321. The highest BCUT2D eigenvalue weighted by Gasteiger charge is 2.06. The van der Waals surface area contributed by atoms with Gasteiger partial charge in [-0.05, 0) is 30.7 Å². The highest BCUT2D eigenvalue weighted by Crippen LogP contribution is 2.10. The first-order valence-electron chi connectivity index (χ1n) is 5.75. The summed E-state index contributed by atoms with van der Waals surface area (Å²) >= 11 is 0. The molecule has 1 amide bonds. The van der Waals surface area contributed by atoms with E-state index in [0.717, 1.165) is 19.3 Å². The Morgan fingerprint density at radius 1 is 1.29 bits per heavy atom. The number of benzene rings is 1. The van der Waals surface area contributed by atoms with Crippen molar-refractivity contribution in [3.63, 3.8) is 0 Å². The Hall–Kier alpha value is -1.84. The van der Waals surface area contributed by atoms with E-state index in [2.05, 4.69) is 12.2 Å². The van der Waals surface area contributed by atoms with Gasteiger partial charge in [0.25, 0.3) is 0 Å². The van der Waals surface area contributed by atoms with Crippen molar-refractivity contribution in [1.29, 1.82) is 0 Å². The summed E-state index contributed by atoms with van der Waals surface area (Å²) in [6, 6.07) is 6.59. The molecular weight excluding hydrogens is 218 g/mol. The van der Waals surface area contributed by atoms with Crippen LogP contribution in [0.2, 0.25) is 0 Å². The first kappa shape index (κ1) is 13.2. The van der Waals surface area contributed by atoms with Gasteiger partial charge in [-0.25, -0.2) is 4.79 Å². The van der Waals surface area contributed by atoms with Gasteiger partial charge in [0.2, 0.25) is 6.41 Å².